The number of nitrogens with zero attached hydrogens (tertiary/aromatic N) is 4. The SMILES string of the molecule is ClCc1nc2cnccc2n1C1CCN2CCCC2C1. The Morgan fingerprint density at radius 3 is 3.10 bits per heavy atom. The van der Waals surface area contributed by atoms with Gasteiger partial charge in [0.05, 0.1) is 17.6 Å². The zero-order valence-corrected chi connectivity index (χ0v) is 12.3. The molecule has 2 aromatic rings. The molecule has 4 heterocycles. The number of rotatable bonds is 2. The monoisotopic (exact) mass is 290 g/mol. The van der Waals surface area contributed by atoms with Crippen LogP contribution in [0, 0.1) is 0 Å². The van der Waals surface area contributed by atoms with E-state index in [9.17, 15) is 0 Å². The summed E-state index contributed by atoms with van der Waals surface area (Å²) in [5, 5.41) is 0. The van der Waals surface area contributed by atoms with E-state index >= 15 is 0 Å². The standard InChI is InChI=1S/C15H19ClN4/c16-9-15-18-13-10-17-5-3-14(13)20(15)12-4-7-19-6-1-2-11(19)8-12/h3,5,10-12H,1-2,4,6-9H2. The van der Waals surface area contributed by atoms with Crippen LogP contribution in [0.3, 0.4) is 0 Å². The highest BCUT2D eigenvalue weighted by atomic mass is 35.5. The molecule has 0 saturated carbocycles. The zero-order valence-electron chi connectivity index (χ0n) is 11.5. The van der Waals surface area contributed by atoms with Crippen molar-refractivity contribution in [3.63, 3.8) is 0 Å². The first-order valence-corrected chi connectivity index (χ1v) is 8.01. The molecule has 2 aromatic heterocycles. The predicted octanol–water partition coefficient (Wildman–Crippen LogP) is 2.97. The minimum absolute atomic E-state index is 0.472. The molecule has 0 radical (unpaired) electrons. The van der Waals surface area contributed by atoms with E-state index in [1.807, 2.05) is 12.4 Å². The largest absolute Gasteiger partial charge is 0.324 e. The number of hydrogen-bond acceptors (Lipinski definition) is 3. The summed E-state index contributed by atoms with van der Waals surface area (Å²) in [6, 6.07) is 3.37. The molecular formula is C15H19ClN4. The summed E-state index contributed by atoms with van der Waals surface area (Å²) in [4.78, 5) is 11.5. The van der Waals surface area contributed by atoms with Crippen molar-refractivity contribution in [1.29, 1.82) is 0 Å². The van der Waals surface area contributed by atoms with Gasteiger partial charge in [-0.25, -0.2) is 4.98 Å². The van der Waals surface area contributed by atoms with Crippen molar-refractivity contribution in [2.24, 2.45) is 0 Å². The molecule has 2 unspecified atom stereocenters. The van der Waals surface area contributed by atoms with Crippen LogP contribution in [0.2, 0.25) is 0 Å². The quantitative estimate of drug-likeness (QED) is 0.798. The first kappa shape index (κ1) is 12.6. The number of aromatic nitrogens is 3. The van der Waals surface area contributed by atoms with E-state index in [4.69, 9.17) is 11.6 Å². The Bertz CT molecular complexity index is 623. The predicted molar refractivity (Wildman–Crippen MR) is 80.0 cm³/mol. The summed E-state index contributed by atoms with van der Waals surface area (Å²) in [5.74, 6) is 1.46. The molecule has 4 nitrogen and oxygen atoms in total. The molecule has 0 bridgehead atoms. The van der Waals surface area contributed by atoms with E-state index in [1.165, 1.54) is 44.3 Å². The van der Waals surface area contributed by atoms with Crippen LogP contribution in [-0.2, 0) is 5.88 Å². The van der Waals surface area contributed by atoms with Crippen LogP contribution in [0.5, 0.6) is 0 Å². The second-order valence-electron chi connectivity index (χ2n) is 5.91. The summed E-state index contributed by atoms with van der Waals surface area (Å²) >= 11 is 6.12. The maximum atomic E-state index is 6.12. The van der Waals surface area contributed by atoms with Crippen molar-refractivity contribution in [3.05, 3.63) is 24.3 Å². The van der Waals surface area contributed by atoms with Crippen LogP contribution in [0.1, 0.15) is 37.5 Å². The Balaban J connectivity index is 1.73. The van der Waals surface area contributed by atoms with Crippen LogP contribution < -0.4 is 0 Å². The van der Waals surface area contributed by atoms with E-state index in [0.717, 1.165) is 17.4 Å². The molecule has 0 amide bonds. The number of imidazole rings is 1. The third kappa shape index (κ3) is 1.93. The molecule has 0 aromatic carbocycles. The van der Waals surface area contributed by atoms with Gasteiger partial charge in [0, 0.05) is 24.8 Å². The van der Waals surface area contributed by atoms with Crippen LogP contribution in [0.25, 0.3) is 11.0 Å². The van der Waals surface area contributed by atoms with Crippen LogP contribution in [0.4, 0.5) is 0 Å². The Morgan fingerprint density at radius 2 is 2.20 bits per heavy atom. The molecule has 0 aliphatic carbocycles. The summed E-state index contributed by atoms with van der Waals surface area (Å²) in [6.07, 6.45) is 8.83. The topological polar surface area (TPSA) is 34.0 Å². The minimum Gasteiger partial charge on any atom is -0.324 e. The van der Waals surface area contributed by atoms with Gasteiger partial charge in [0.2, 0.25) is 0 Å². The fraction of sp³-hybridized carbons (Fsp3) is 0.600. The number of halogens is 1. The molecule has 20 heavy (non-hydrogen) atoms. The second-order valence-corrected chi connectivity index (χ2v) is 6.17. The number of piperidine rings is 1. The third-order valence-electron chi connectivity index (χ3n) is 4.84. The van der Waals surface area contributed by atoms with Crippen LogP contribution in [0.15, 0.2) is 18.5 Å². The summed E-state index contributed by atoms with van der Waals surface area (Å²) in [6.45, 7) is 2.50. The van der Waals surface area contributed by atoms with Gasteiger partial charge >= 0.3 is 0 Å². The Hall–Kier alpha value is -1.13. The lowest BCUT2D eigenvalue weighted by atomic mass is 9.97. The maximum Gasteiger partial charge on any atom is 0.125 e. The van der Waals surface area contributed by atoms with Crippen LogP contribution in [-0.4, -0.2) is 38.6 Å². The van der Waals surface area contributed by atoms with Gasteiger partial charge in [-0.05, 0) is 38.3 Å². The Kier molecular flexibility index (Phi) is 3.15. The molecule has 4 rings (SSSR count). The maximum absolute atomic E-state index is 6.12. The lowest BCUT2D eigenvalue weighted by Gasteiger charge is -2.36. The fourth-order valence-corrected chi connectivity index (χ4v) is 4.13. The molecular weight excluding hydrogens is 272 g/mol. The molecule has 5 heteroatoms. The van der Waals surface area contributed by atoms with Gasteiger partial charge in [0.25, 0.3) is 0 Å². The summed E-state index contributed by atoms with van der Waals surface area (Å²) in [5.41, 5.74) is 2.16. The highest BCUT2D eigenvalue weighted by Gasteiger charge is 2.33. The highest BCUT2D eigenvalue weighted by Crippen LogP contribution is 2.35. The molecule has 106 valence electrons. The van der Waals surface area contributed by atoms with Gasteiger partial charge in [-0.2, -0.15) is 0 Å². The van der Waals surface area contributed by atoms with Gasteiger partial charge in [0.15, 0.2) is 0 Å². The zero-order chi connectivity index (χ0) is 13.5. The van der Waals surface area contributed by atoms with Crippen molar-refractivity contribution in [2.45, 2.75) is 43.6 Å². The van der Waals surface area contributed by atoms with Crippen molar-refractivity contribution in [3.8, 4) is 0 Å². The average molecular weight is 291 g/mol. The molecule has 2 saturated heterocycles. The molecule has 2 atom stereocenters. The number of hydrogen-bond donors (Lipinski definition) is 0. The molecule has 2 aliphatic rings. The Labute approximate surface area is 123 Å². The average Bonchev–Trinajstić information content (AvgIpc) is 3.09. The number of fused-ring (bicyclic) bond motifs is 2. The van der Waals surface area contributed by atoms with Gasteiger partial charge in [0.1, 0.15) is 11.3 Å². The van der Waals surface area contributed by atoms with Crippen molar-refractivity contribution in [1.82, 2.24) is 19.4 Å². The fourth-order valence-electron chi connectivity index (χ4n) is 3.94. The smallest absolute Gasteiger partial charge is 0.125 e. The van der Waals surface area contributed by atoms with Gasteiger partial charge < -0.3 is 9.47 Å². The lowest BCUT2D eigenvalue weighted by Crippen LogP contribution is -2.38. The van der Waals surface area contributed by atoms with Gasteiger partial charge in [-0.1, -0.05) is 0 Å². The first-order chi connectivity index (χ1) is 9.86. The molecule has 2 aliphatic heterocycles. The lowest BCUT2D eigenvalue weighted by molar-refractivity contribution is 0.156. The third-order valence-corrected chi connectivity index (χ3v) is 5.08. The van der Waals surface area contributed by atoms with E-state index in [0.29, 0.717) is 11.9 Å². The Morgan fingerprint density at radius 1 is 1.25 bits per heavy atom. The van der Waals surface area contributed by atoms with E-state index in [2.05, 4.69) is 25.5 Å². The summed E-state index contributed by atoms with van der Waals surface area (Å²) < 4.78 is 2.37. The molecule has 0 N–H and O–H groups in total. The van der Waals surface area contributed by atoms with Crippen molar-refractivity contribution in [2.75, 3.05) is 13.1 Å². The van der Waals surface area contributed by atoms with Gasteiger partial charge in [-0.15, -0.1) is 11.6 Å². The molecule has 2 fully saturated rings. The van der Waals surface area contributed by atoms with E-state index in [-0.39, 0.29) is 0 Å². The highest BCUT2D eigenvalue weighted by molar-refractivity contribution is 6.16. The minimum atomic E-state index is 0.472. The normalized spacial score (nSPS) is 27.1. The summed E-state index contributed by atoms with van der Waals surface area (Å²) in [7, 11) is 0. The van der Waals surface area contributed by atoms with Gasteiger partial charge in [-0.3, -0.25) is 4.98 Å². The van der Waals surface area contributed by atoms with Crippen molar-refractivity contribution >= 4 is 22.6 Å². The first-order valence-electron chi connectivity index (χ1n) is 7.47. The van der Waals surface area contributed by atoms with E-state index in [1.54, 1.807) is 0 Å². The number of alkyl halides is 1. The van der Waals surface area contributed by atoms with Crippen LogP contribution >= 0.6 is 11.6 Å². The molecule has 0 spiro atoms. The van der Waals surface area contributed by atoms with Crippen molar-refractivity contribution < 1.29 is 0 Å². The van der Waals surface area contributed by atoms with E-state index < -0.39 is 0 Å². The number of pyridine rings is 1. The second kappa shape index (κ2) is 5.01.